The highest BCUT2D eigenvalue weighted by Gasteiger charge is 2.52. The van der Waals surface area contributed by atoms with Crippen molar-refractivity contribution in [1.82, 2.24) is 56.0 Å². The van der Waals surface area contributed by atoms with Crippen molar-refractivity contribution in [3.05, 3.63) is 0 Å². The minimum Gasteiger partial charge on any atom is -0.351 e. The lowest BCUT2D eigenvalue weighted by Crippen LogP contribution is -2.65. The van der Waals surface area contributed by atoms with Crippen LogP contribution >= 0.6 is 11.6 Å². The molecule has 0 aromatic heterocycles. The van der Waals surface area contributed by atoms with E-state index < -0.39 is 179 Å². The van der Waals surface area contributed by atoms with Gasteiger partial charge >= 0.3 is 6.18 Å². The van der Waals surface area contributed by atoms with Crippen molar-refractivity contribution in [2.24, 2.45) is 29.6 Å². The summed E-state index contributed by atoms with van der Waals surface area (Å²) >= 11 is 6.37. The van der Waals surface area contributed by atoms with Crippen LogP contribution in [-0.2, 0) is 52.7 Å². The fourth-order valence-electron chi connectivity index (χ4n) is 15.1. The quantitative estimate of drug-likeness (QED) is 0.156. The van der Waals surface area contributed by atoms with E-state index in [2.05, 4.69) is 26.6 Å². The van der Waals surface area contributed by atoms with Gasteiger partial charge in [0.15, 0.2) is 0 Å². The molecule has 0 bridgehead atoms. The van der Waals surface area contributed by atoms with Crippen LogP contribution in [0.4, 0.5) is 22.0 Å². The summed E-state index contributed by atoms with van der Waals surface area (Å²) in [6, 6.07) is -11.9. The summed E-state index contributed by atoms with van der Waals surface area (Å²) in [7, 11) is 5.62. The summed E-state index contributed by atoms with van der Waals surface area (Å²) < 4.78 is 71.4. The second-order valence-corrected chi connectivity index (χ2v) is 28.7. The van der Waals surface area contributed by atoms with Crippen LogP contribution < -0.4 is 26.6 Å². The van der Waals surface area contributed by atoms with E-state index in [4.69, 9.17) is 11.6 Å². The first-order valence-electron chi connectivity index (χ1n) is 33.9. The maximum Gasteiger partial charge on any atom is 0.393 e. The lowest BCUT2D eigenvalue weighted by molar-refractivity contribution is -0.182. The first kappa shape index (κ1) is 74.5. The average Bonchev–Trinajstić information content (AvgIpc) is 1.79. The van der Waals surface area contributed by atoms with Gasteiger partial charge in [-0.1, -0.05) is 46.0 Å². The minimum atomic E-state index is -4.53. The standard InChI is InChI=1S/C65H101ClF5N11O11/c1-11-35(2)52-62(92)79(9)39(6)59(89)82-30-26-50(82)56(86)74-48(34-41-21-24-45(67)46(68)33-41)60(90)78(8)38(5)54(84)73-47(25-22-40-20-23-43(44(66)32-40)65(69,70)71)61(91)81-29-16-19-49(81)57(87)76-64(27-14-15-28-64)63(93)80(10)53(42-17-12-13-18-42)58(88)72-36(3)31-51(83)77(7)37(4)55(85)75-52/h35-50,52-53H,11-34H2,1-10H3,(H,72,88)(H,73,84)(H,74,86)(H,75,85)(H,76,87)/t35-,36+,37-,38+,39-,40?,41?,43?,44?,45?,46?,47-,48-,49-,50-,52-,53-/m0/s1. The number of hydrogen-bond acceptors (Lipinski definition) is 11. The number of alkyl halides is 6. The van der Waals surface area contributed by atoms with E-state index in [1.54, 1.807) is 13.8 Å². The maximum absolute atomic E-state index is 15.2. The van der Waals surface area contributed by atoms with Crippen LogP contribution in [-0.4, -0.2) is 226 Å². The van der Waals surface area contributed by atoms with Crippen molar-refractivity contribution in [3.8, 4) is 0 Å². The smallest absolute Gasteiger partial charge is 0.351 e. The molecule has 524 valence electrons. The number of halogens is 6. The van der Waals surface area contributed by atoms with Crippen molar-refractivity contribution in [2.45, 2.75) is 273 Å². The zero-order valence-electron chi connectivity index (χ0n) is 55.8. The Balaban J connectivity index is 1.22. The normalized spacial score (nSPS) is 35.2. The van der Waals surface area contributed by atoms with E-state index in [0.717, 1.165) is 22.6 Å². The molecule has 11 amide bonds. The summed E-state index contributed by atoms with van der Waals surface area (Å²) in [4.78, 5) is 168. The Morgan fingerprint density at radius 1 is 0.559 bits per heavy atom. The van der Waals surface area contributed by atoms with Crippen LogP contribution in [0.2, 0.25) is 0 Å². The first-order chi connectivity index (χ1) is 43.7. The molecule has 28 heteroatoms. The van der Waals surface area contributed by atoms with Gasteiger partial charge in [0.05, 0.1) is 5.92 Å². The number of nitrogens with zero attached hydrogens (tertiary/aromatic N) is 6. The first-order valence-corrected chi connectivity index (χ1v) is 34.3. The zero-order chi connectivity index (χ0) is 68.7. The van der Waals surface area contributed by atoms with Crippen molar-refractivity contribution >= 4 is 76.6 Å². The van der Waals surface area contributed by atoms with E-state index in [-0.39, 0.29) is 109 Å². The van der Waals surface area contributed by atoms with E-state index in [9.17, 15) is 60.7 Å². The van der Waals surface area contributed by atoms with Crippen LogP contribution in [0.15, 0.2) is 0 Å². The molecule has 93 heavy (non-hydrogen) atoms. The van der Waals surface area contributed by atoms with Gasteiger partial charge in [0.1, 0.15) is 72.3 Å². The number of carbonyl (C=O) groups is 11. The van der Waals surface area contributed by atoms with Gasteiger partial charge in [-0.2, -0.15) is 13.2 Å². The number of carbonyl (C=O) groups excluding carboxylic acids is 11. The maximum atomic E-state index is 15.2. The van der Waals surface area contributed by atoms with E-state index in [0.29, 0.717) is 38.5 Å². The van der Waals surface area contributed by atoms with Gasteiger partial charge in [-0.15, -0.1) is 11.6 Å². The molecular weight excluding hydrogens is 1240 g/mol. The largest absolute Gasteiger partial charge is 0.393 e. The molecule has 6 unspecified atom stereocenters. The summed E-state index contributed by atoms with van der Waals surface area (Å²) in [6.45, 7) is 9.63. The van der Waals surface area contributed by atoms with Crippen LogP contribution in [0.1, 0.15) is 183 Å². The van der Waals surface area contributed by atoms with Gasteiger partial charge in [0.2, 0.25) is 65.0 Å². The molecule has 0 aromatic carbocycles. The van der Waals surface area contributed by atoms with Gasteiger partial charge in [-0.05, 0) is 154 Å². The third-order valence-corrected chi connectivity index (χ3v) is 22.4. The molecule has 3 saturated heterocycles. The highest BCUT2D eigenvalue weighted by Crippen LogP contribution is 2.44. The van der Waals surface area contributed by atoms with Crippen LogP contribution in [0.5, 0.6) is 0 Å². The molecule has 7 rings (SSSR count). The third kappa shape index (κ3) is 17.4. The fraction of sp³-hybridized carbons (Fsp3) is 0.831. The van der Waals surface area contributed by atoms with Crippen LogP contribution in [0, 0.1) is 29.6 Å². The number of nitrogens with one attached hydrogen (secondary N) is 5. The Morgan fingerprint density at radius 2 is 1.15 bits per heavy atom. The second-order valence-electron chi connectivity index (χ2n) is 28.1. The molecule has 1 spiro atoms. The van der Waals surface area contributed by atoms with Gasteiger partial charge in [-0.3, -0.25) is 52.7 Å². The fourth-order valence-corrected chi connectivity index (χ4v) is 15.6. The van der Waals surface area contributed by atoms with Gasteiger partial charge in [-0.25, -0.2) is 8.78 Å². The SMILES string of the molecule is CC[C@H](C)[C@@H]1NC(=O)[C@H](C)N(C)C(=O)C[C@@H](C)NC(=O)[C@H](C2CCCC2)N(C)C(=O)C2(CCCC2)NC(=O)[C@@H]2CCCN2C(=O)[C@H](CCC2CCC(C(F)(F)F)C(Cl)C2)NC(=O)[C@@H](C)N(C)C(=O)[C@H](CC2CCC(F)C(F)C2)NC(=O)[C@@H]2CCN2C(=O)[C@H](C)N(C)C1=O. The van der Waals surface area contributed by atoms with Gasteiger partial charge in [0.25, 0.3) is 0 Å². The van der Waals surface area contributed by atoms with Crippen molar-refractivity contribution in [3.63, 3.8) is 0 Å². The monoisotopic (exact) mass is 1340 g/mol. The molecule has 4 saturated carbocycles. The van der Waals surface area contributed by atoms with Crippen LogP contribution in [0.25, 0.3) is 0 Å². The Bertz CT molecular complexity index is 2740. The highest BCUT2D eigenvalue weighted by molar-refractivity contribution is 6.20. The molecule has 0 aromatic rings. The lowest BCUT2D eigenvalue weighted by atomic mass is 9.78. The van der Waals surface area contributed by atoms with Crippen molar-refractivity contribution < 1.29 is 74.7 Å². The summed E-state index contributed by atoms with van der Waals surface area (Å²) in [6.07, 6.45) is -3.54. The number of likely N-dealkylation sites (N-methyl/N-ethyl adjacent to an activating group) is 4. The van der Waals surface area contributed by atoms with E-state index in [1.165, 1.54) is 68.6 Å². The molecular formula is C65H101ClF5N11O11. The Morgan fingerprint density at radius 3 is 1.75 bits per heavy atom. The van der Waals surface area contributed by atoms with Crippen LogP contribution in [0.3, 0.4) is 0 Å². The van der Waals surface area contributed by atoms with Crippen molar-refractivity contribution in [1.29, 1.82) is 0 Å². The van der Waals surface area contributed by atoms with Gasteiger partial charge in [0, 0.05) is 59.1 Å². The number of amides is 11. The number of fused-ring (bicyclic) bond motifs is 2. The molecule has 3 aliphatic heterocycles. The predicted octanol–water partition coefficient (Wildman–Crippen LogP) is 5.21. The third-order valence-electron chi connectivity index (χ3n) is 21.9. The number of rotatable bonds is 8. The Kier molecular flexibility index (Phi) is 25.5. The van der Waals surface area contributed by atoms with Gasteiger partial charge < -0.3 is 56.0 Å². The average molecular weight is 1340 g/mol. The molecule has 22 nitrogen and oxygen atoms in total. The zero-order valence-corrected chi connectivity index (χ0v) is 56.6. The number of hydrogen-bond donors (Lipinski definition) is 5. The molecule has 17 atom stereocenters. The Labute approximate surface area is 548 Å². The minimum absolute atomic E-state index is 0.0299. The summed E-state index contributed by atoms with van der Waals surface area (Å²) in [5, 5.41) is 13.1. The molecule has 0 radical (unpaired) electrons. The Hall–Kier alpha value is -5.89. The lowest BCUT2D eigenvalue weighted by Gasteiger charge is -2.43. The summed E-state index contributed by atoms with van der Waals surface area (Å²) in [5.74, 6) is -10.8. The van der Waals surface area contributed by atoms with E-state index >= 15 is 14.0 Å². The molecule has 4 aliphatic carbocycles. The molecule has 5 N–H and O–H groups in total. The van der Waals surface area contributed by atoms with E-state index in [1.807, 2.05) is 6.92 Å². The molecule has 3 heterocycles. The molecule has 7 fully saturated rings. The van der Waals surface area contributed by atoms with Crippen molar-refractivity contribution in [2.75, 3.05) is 41.3 Å². The highest BCUT2D eigenvalue weighted by atomic mass is 35.5. The molecule has 7 aliphatic rings. The summed E-state index contributed by atoms with van der Waals surface area (Å²) in [5.41, 5.74) is -1.50. The second kappa shape index (κ2) is 31.8. The topological polar surface area (TPSA) is 267 Å². The predicted molar refractivity (Wildman–Crippen MR) is 334 cm³/mol.